The Kier molecular flexibility index (Phi) is 6.91. The van der Waals surface area contributed by atoms with Crippen LogP contribution in [0.1, 0.15) is 53.4 Å². The van der Waals surface area contributed by atoms with E-state index >= 15 is 0 Å². The van der Waals surface area contributed by atoms with Gasteiger partial charge in [-0.2, -0.15) is 0 Å². The second-order valence-corrected chi connectivity index (χ2v) is 6.98. The van der Waals surface area contributed by atoms with Gasteiger partial charge in [-0.05, 0) is 52.9 Å². The van der Waals surface area contributed by atoms with Crippen LogP contribution in [-0.4, -0.2) is 41.6 Å². The molecule has 22 heavy (non-hydrogen) atoms. The number of piperidine rings is 1. The highest BCUT2D eigenvalue weighted by atomic mass is 16.6. The first-order chi connectivity index (χ1) is 10.2. The third-order valence-corrected chi connectivity index (χ3v) is 3.91. The summed E-state index contributed by atoms with van der Waals surface area (Å²) in [6.07, 6.45) is 4.50. The van der Waals surface area contributed by atoms with Crippen LogP contribution < -0.4 is 5.32 Å². The van der Waals surface area contributed by atoms with E-state index in [1.807, 2.05) is 32.6 Å². The maximum Gasteiger partial charge on any atom is 0.407 e. The normalized spacial score (nSPS) is 17.7. The van der Waals surface area contributed by atoms with E-state index in [0.29, 0.717) is 12.3 Å². The second-order valence-electron chi connectivity index (χ2n) is 6.98. The number of hydrogen-bond acceptors (Lipinski definition) is 3. The molecule has 1 heterocycles. The molecule has 0 unspecified atom stereocenters. The smallest absolute Gasteiger partial charge is 0.407 e. The number of carbonyl (C=O) groups is 2. The molecule has 1 N–H and O–H groups in total. The fourth-order valence-corrected chi connectivity index (χ4v) is 2.64. The van der Waals surface area contributed by atoms with E-state index in [-0.39, 0.29) is 18.0 Å². The van der Waals surface area contributed by atoms with Crippen molar-refractivity contribution in [3.05, 3.63) is 12.7 Å². The van der Waals surface area contributed by atoms with Gasteiger partial charge in [-0.15, -0.1) is 6.58 Å². The SMILES string of the molecule is C=CCCC(=O)N1CCC([C@@H](C)NC(=O)OC(C)(C)C)CC1. The van der Waals surface area contributed by atoms with Gasteiger partial charge >= 0.3 is 6.09 Å². The third-order valence-electron chi connectivity index (χ3n) is 3.91. The lowest BCUT2D eigenvalue weighted by Gasteiger charge is -2.35. The van der Waals surface area contributed by atoms with Crippen molar-refractivity contribution in [1.82, 2.24) is 10.2 Å². The molecule has 0 aromatic rings. The number of nitrogens with zero attached hydrogens (tertiary/aromatic N) is 1. The number of rotatable bonds is 5. The largest absolute Gasteiger partial charge is 0.444 e. The zero-order valence-electron chi connectivity index (χ0n) is 14.4. The van der Waals surface area contributed by atoms with Crippen LogP contribution in [0.15, 0.2) is 12.7 Å². The van der Waals surface area contributed by atoms with E-state index in [0.717, 1.165) is 32.4 Å². The molecule has 0 aromatic heterocycles. The number of amides is 2. The Balaban J connectivity index is 2.36. The van der Waals surface area contributed by atoms with Crippen molar-refractivity contribution >= 4 is 12.0 Å². The minimum Gasteiger partial charge on any atom is -0.444 e. The van der Waals surface area contributed by atoms with Crippen LogP contribution in [-0.2, 0) is 9.53 Å². The molecule has 5 nitrogen and oxygen atoms in total. The van der Waals surface area contributed by atoms with Gasteiger partial charge in [0.15, 0.2) is 0 Å². The lowest BCUT2D eigenvalue weighted by atomic mass is 9.90. The van der Waals surface area contributed by atoms with Crippen LogP contribution in [0.4, 0.5) is 4.79 Å². The van der Waals surface area contributed by atoms with Gasteiger partial charge < -0.3 is 15.0 Å². The van der Waals surface area contributed by atoms with Crippen molar-refractivity contribution in [3.63, 3.8) is 0 Å². The molecule has 1 rings (SSSR count). The molecule has 2 amide bonds. The molecule has 0 aromatic carbocycles. The second kappa shape index (κ2) is 8.20. The van der Waals surface area contributed by atoms with Crippen molar-refractivity contribution in [2.75, 3.05) is 13.1 Å². The first kappa shape index (κ1) is 18.5. The van der Waals surface area contributed by atoms with Crippen molar-refractivity contribution in [2.45, 2.75) is 65.0 Å². The van der Waals surface area contributed by atoms with E-state index in [4.69, 9.17) is 4.74 Å². The molecule has 5 heteroatoms. The van der Waals surface area contributed by atoms with Crippen LogP contribution in [0.25, 0.3) is 0 Å². The molecular formula is C17H30N2O3. The van der Waals surface area contributed by atoms with Gasteiger partial charge in [-0.1, -0.05) is 6.08 Å². The average Bonchev–Trinajstić information content (AvgIpc) is 2.42. The van der Waals surface area contributed by atoms with E-state index in [9.17, 15) is 9.59 Å². The minimum absolute atomic E-state index is 0.0558. The fraction of sp³-hybridized carbons (Fsp3) is 0.765. The molecule has 0 radical (unpaired) electrons. The highest BCUT2D eigenvalue weighted by molar-refractivity contribution is 5.76. The van der Waals surface area contributed by atoms with Crippen molar-refractivity contribution < 1.29 is 14.3 Å². The van der Waals surface area contributed by atoms with Gasteiger partial charge in [0.05, 0.1) is 0 Å². The molecule has 0 aliphatic carbocycles. The Morgan fingerprint density at radius 3 is 2.45 bits per heavy atom. The summed E-state index contributed by atoms with van der Waals surface area (Å²) in [5.41, 5.74) is -0.481. The zero-order valence-corrected chi connectivity index (χ0v) is 14.4. The first-order valence-electron chi connectivity index (χ1n) is 8.11. The summed E-state index contributed by atoms with van der Waals surface area (Å²) in [6.45, 7) is 12.7. The van der Waals surface area contributed by atoms with Crippen molar-refractivity contribution in [1.29, 1.82) is 0 Å². The van der Waals surface area contributed by atoms with Gasteiger partial charge in [0.25, 0.3) is 0 Å². The number of allylic oxidation sites excluding steroid dienone is 1. The number of alkyl carbamates (subject to hydrolysis) is 1. The average molecular weight is 310 g/mol. The molecule has 1 fully saturated rings. The lowest BCUT2D eigenvalue weighted by molar-refractivity contribution is -0.132. The van der Waals surface area contributed by atoms with Gasteiger partial charge in [-0.25, -0.2) is 4.79 Å². The Labute approximate surface area is 134 Å². The molecule has 1 aliphatic heterocycles. The Bertz CT molecular complexity index is 393. The predicted molar refractivity (Wildman–Crippen MR) is 87.6 cm³/mol. The number of nitrogens with one attached hydrogen (secondary N) is 1. The maximum absolute atomic E-state index is 12.0. The summed E-state index contributed by atoms with van der Waals surface area (Å²) >= 11 is 0. The summed E-state index contributed by atoms with van der Waals surface area (Å²) in [5.74, 6) is 0.585. The number of hydrogen-bond donors (Lipinski definition) is 1. The summed E-state index contributed by atoms with van der Waals surface area (Å²) < 4.78 is 5.28. The number of likely N-dealkylation sites (tertiary alicyclic amines) is 1. The van der Waals surface area contributed by atoms with Crippen LogP contribution in [0.5, 0.6) is 0 Å². The highest BCUT2D eigenvalue weighted by Gasteiger charge is 2.27. The summed E-state index contributed by atoms with van der Waals surface area (Å²) in [4.78, 5) is 25.7. The van der Waals surface area contributed by atoms with Crippen LogP contribution >= 0.6 is 0 Å². The molecule has 0 bridgehead atoms. The topological polar surface area (TPSA) is 58.6 Å². The first-order valence-corrected chi connectivity index (χ1v) is 8.11. The van der Waals surface area contributed by atoms with Gasteiger partial charge in [-0.3, -0.25) is 4.79 Å². The van der Waals surface area contributed by atoms with E-state index in [1.165, 1.54) is 0 Å². The monoisotopic (exact) mass is 310 g/mol. The number of carbonyl (C=O) groups excluding carboxylic acids is 2. The molecular weight excluding hydrogens is 280 g/mol. The molecule has 1 atom stereocenters. The summed E-state index contributed by atoms with van der Waals surface area (Å²) in [6, 6.07) is 0.0558. The van der Waals surface area contributed by atoms with E-state index in [1.54, 1.807) is 6.08 Å². The molecule has 0 saturated carbocycles. The maximum atomic E-state index is 12.0. The highest BCUT2D eigenvalue weighted by Crippen LogP contribution is 2.21. The van der Waals surface area contributed by atoms with Crippen LogP contribution in [0.3, 0.4) is 0 Å². The molecule has 1 aliphatic rings. The number of ether oxygens (including phenoxy) is 1. The summed E-state index contributed by atoms with van der Waals surface area (Å²) in [7, 11) is 0. The van der Waals surface area contributed by atoms with Crippen molar-refractivity contribution in [3.8, 4) is 0 Å². The third kappa shape index (κ3) is 6.50. The van der Waals surface area contributed by atoms with Crippen molar-refractivity contribution in [2.24, 2.45) is 5.92 Å². The molecule has 126 valence electrons. The molecule has 0 spiro atoms. The Morgan fingerprint density at radius 1 is 1.36 bits per heavy atom. The predicted octanol–water partition coefficient (Wildman–Crippen LogP) is 3.10. The molecule has 1 saturated heterocycles. The standard InChI is InChI=1S/C17H30N2O3/c1-6-7-8-15(20)19-11-9-14(10-12-19)13(2)18-16(21)22-17(3,4)5/h6,13-14H,1,7-12H2,2-5H3,(H,18,21)/t13-/m1/s1. The van der Waals surface area contributed by atoms with Crippen LogP contribution in [0.2, 0.25) is 0 Å². The van der Waals surface area contributed by atoms with Gasteiger partial charge in [0, 0.05) is 25.6 Å². The zero-order chi connectivity index (χ0) is 16.8. The Morgan fingerprint density at radius 2 is 1.95 bits per heavy atom. The van der Waals surface area contributed by atoms with E-state index < -0.39 is 5.60 Å². The van der Waals surface area contributed by atoms with Gasteiger partial charge in [0.1, 0.15) is 5.60 Å². The summed E-state index contributed by atoms with van der Waals surface area (Å²) in [5, 5.41) is 2.91. The minimum atomic E-state index is -0.481. The Hall–Kier alpha value is -1.52. The lowest BCUT2D eigenvalue weighted by Crippen LogP contribution is -2.46. The fourth-order valence-electron chi connectivity index (χ4n) is 2.64. The van der Waals surface area contributed by atoms with Gasteiger partial charge in [0.2, 0.25) is 5.91 Å². The quantitative estimate of drug-likeness (QED) is 0.794. The van der Waals surface area contributed by atoms with E-state index in [2.05, 4.69) is 11.9 Å². The van der Waals surface area contributed by atoms with Crippen LogP contribution in [0, 0.1) is 5.92 Å².